The number of ether oxygens (including phenoxy) is 1. The first-order valence-electron chi connectivity index (χ1n) is 7.58. The van der Waals surface area contributed by atoms with E-state index in [1.54, 1.807) is 0 Å². The summed E-state index contributed by atoms with van der Waals surface area (Å²) in [5.41, 5.74) is -2.51. The largest absolute Gasteiger partial charge is 0.395 e. The Morgan fingerprint density at radius 3 is 2.40 bits per heavy atom. The minimum absolute atomic E-state index is 0.129. The van der Waals surface area contributed by atoms with Crippen LogP contribution in [0.1, 0.15) is 40.0 Å². The van der Waals surface area contributed by atoms with Crippen molar-refractivity contribution in [3.05, 3.63) is 0 Å². The van der Waals surface area contributed by atoms with Gasteiger partial charge in [-0.2, -0.15) is 0 Å². The maximum Gasteiger partial charge on any atom is 0.0933 e. The summed E-state index contributed by atoms with van der Waals surface area (Å²) in [6.45, 7) is 5.52. The zero-order valence-electron chi connectivity index (χ0n) is 12.4. The number of aliphatic hydroxyl groups excluding tert-OH is 4. The highest BCUT2D eigenvalue weighted by Crippen LogP contribution is 2.65. The van der Waals surface area contributed by atoms with Gasteiger partial charge < -0.3 is 25.2 Å². The molecule has 1 spiro atoms. The number of aliphatic hydroxyl groups is 4. The lowest BCUT2D eigenvalue weighted by Gasteiger charge is -2.60. The summed E-state index contributed by atoms with van der Waals surface area (Å²) in [6.07, 6.45) is -1.10. The zero-order chi connectivity index (χ0) is 14.9. The lowest BCUT2D eigenvalue weighted by Crippen LogP contribution is -2.72. The number of hydrogen-bond acceptors (Lipinski definition) is 5. The van der Waals surface area contributed by atoms with Gasteiger partial charge in [0.25, 0.3) is 0 Å². The van der Waals surface area contributed by atoms with Crippen molar-refractivity contribution in [1.82, 2.24) is 0 Å². The maximum absolute atomic E-state index is 10.7. The fraction of sp³-hybridized carbons (Fsp3) is 1.00. The Morgan fingerprint density at radius 2 is 1.80 bits per heavy atom. The third-order valence-electron chi connectivity index (χ3n) is 6.44. The molecule has 1 aliphatic heterocycles. The van der Waals surface area contributed by atoms with Gasteiger partial charge in [-0.25, -0.2) is 0 Å². The molecular formula is C15H26O5. The van der Waals surface area contributed by atoms with Crippen LogP contribution >= 0.6 is 0 Å². The van der Waals surface area contributed by atoms with Crippen LogP contribution in [0.4, 0.5) is 0 Å². The van der Waals surface area contributed by atoms with Crippen molar-refractivity contribution >= 4 is 0 Å². The van der Waals surface area contributed by atoms with Crippen LogP contribution in [0.5, 0.6) is 0 Å². The zero-order valence-corrected chi connectivity index (χ0v) is 12.4. The van der Waals surface area contributed by atoms with E-state index in [-0.39, 0.29) is 18.4 Å². The van der Waals surface area contributed by atoms with E-state index in [0.29, 0.717) is 12.8 Å². The van der Waals surface area contributed by atoms with Gasteiger partial charge in [-0.3, -0.25) is 0 Å². The van der Waals surface area contributed by atoms with Crippen LogP contribution in [0.2, 0.25) is 0 Å². The summed E-state index contributed by atoms with van der Waals surface area (Å²) in [6, 6.07) is 0. The Morgan fingerprint density at radius 1 is 1.15 bits per heavy atom. The minimum Gasteiger partial charge on any atom is -0.395 e. The predicted octanol–water partition coefficient (Wildman–Crippen LogP) is 0.0452. The lowest BCUT2D eigenvalue weighted by molar-refractivity contribution is -0.283. The molecule has 0 unspecified atom stereocenters. The summed E-state index contributed by atoms with van der Waals surface area (Å²) in [7, 11) is 0. The highest BCUT2D eigenvalue weighted by atomic mass is 16.5. The molecule has 20 heavy (non-hydrogen) atoms. The molecule has 0 amide bonds. The van der Waals surface area contributed by atoms with Crippen molar-refractivity contribution < 1.29 is 25.2 Å². The average molecular weight is 286 g/mol. The number of hydrogen-bond donors (Lipinski definition) is 4. The molecule has 3 rings (SSSR count). The molecule has 2 saturated carbocycles. The third-order valence-corrected chi connectivity index (χ3v) is 6.44. The van der Waals surface area contributed by atoms with E-state index in [0.717, 1.165) is 6.42 Å². The van der Waals surface area contributed by atoms with Crippen molar-refractivity contribution in [1.29, 1.82) is 0 Å². The van der Waals surface area contributed by atoms with E-state index in [1.807, 2.05) is 13.8 Å². The highest BCUT2D eigenvalue weighted by Gasteiger charge is 2.75. The second-order valence-electron chi connectivity index (χ2n) is 7.53. The fourth-order valence-electron chi connectivity index (χ4n) is 5.22. The molecule has 5 heteroatoms. The molecule has 1 heterocycles. The third kappa shape index (κ3) is 1.40. The SMILES string of the molecule is C[C@H]1CC[C@@H](O)[C@]2(CO)[C@H](O)[C@@H](O)[C@H]3C[C@@]12OC3(C)C. The maximum atomic E-state index is 10.7. The van der Waals surface area contributed by atoms with Crippen LogP contribution in [0, 0.1) is 17.3 Å². The van der Waals surface area contributed by atoms with Crippen LogP contribution in [0.25, 0.3) is 0 Å². The van der Waals surface area contributed by atoms with Gasteiger partial charge in [-0.15, -0.1) is 0 Å². The molecule has 116 valence electrons. The summed E-state index contributed by atoms with van der Waals surface area (Å²) >= 11 is 0. The molecule has 7 atom stereocenters. The van der Waals surface area contributed by atoms with Gasteiger partial charge in [0.1, 0.15) is 0 Å². The topological polar surface area (TPSA) is 90.2 Å². The quantitative estimate of drug-likeness (QED) is 0.547. The Bertz CT molecular complexity index is 411. The lowest BCUT2D eigenvalue weighted by atomic mass is 9.49. The Balaban J connectivity index is 2.19. The minimum atomic E-state index is -1.19. The van der Waals surface area contributed by atoms with Gasteiger partial charge in [0, 0.05) is 5.92 Å². The Kier molecular flexibility index (Phi) is 3.07. The average Bonchev–Trinajstić information content (AvgIpc) is 2.64. The summed E-state index contributed by atoms with van der Waals surface area (Å²) in [4.78, 5) is 0. The molecule has 1 saturated heterocycles. The summed E-state index contributed by atoms with van der Waals surface area (Å²) < 4.78 is 6.34. The summed E-state index contributed by atoms with van der Waals surface area (Å²) in [5.74, 6) is -0.0469. The smallest absolute Gasteiger partial charge is 0.0933 e. The second kappa shape index (κ2) is 4.17. The van der Waals surface area contributed by atoms with Gasteiger partial charge in [-0.1, -0.05) is 6.92 Å². The molecular weight excluding hydrogens is 260 g/mol. The van der Waals surface area contributed by atoms with Crippen LogP contribution in [-0.2, 0) is 4.74 Å². The van der Waals surface area contributed by atoms with Crippen LogP contribution in [-0.4, -0.2) is 56.5 Å². The molecule has 2 aliphatic carbocycles. The van der Waals surface area contributed by atoms with Crippen LogP contribution in [0.3, 0.4) is 0 Å². The van der Waals surface area contributed by atoms with E-state index in [2.05, 4.69) is 6.92 Å². The van der Waals surface area contributed by atoms with Crippen LogP contribution in [0.15, 0.2) is 0 Å². The molecule has 3 aliphatic rings. The normalized spacial score (nSPS) is 57.5. The van der Waals surface area contributed by atoms with Gasteiger partial charge in [0.15, 0.2) is 0 Å². The van der Waals surface area contributed by atoms with Gasteiger partial charge in [-0.05, 0) is 39.0 Å². The van der Waals surface area contributed by atoms with Crippen molar-refractivity contribution in [2.45, 2.75) is 69.5 Å². The number of fused-ring (bicyclic) bond motifs is 1. The van der Waals surface area contributed by atoms with Crippen molar-refractivity contribution in [3.8, 4) is 0 Å². The standard InChI is InChI=1S/C15H26O5/c1-8-4-5-10(17)14(7-16)12(19)11(18)9-6-15(8,14)20-13(9,2)3/h8-12,16-19H,4-7H2,1-3H3/t8-,9+,10+,11-,12+,14+,15+/m0/s1. The molecule has 4 N–H and O–H groups in total. The first-order chi connectivity index (χ1) is 9.23. The van der Waals surface area contributed by atoms with E-state index < -0.39 is 34.9 Å². The first-order valence-corrected chi connectivity index (χ1v) is 7.58. The fourth-order valence-corrected chi connectivity index (χ4v) is 5.22. The second-order valence-corrected chi connectivity index (χ2v) is 7.53. The number of rotatable bonds is 1. The van der Waals surface area contributed by atoms with E-state index in [4.69, 9.17) is 4.74 Å². The van der Waals surface area contributed by atoms with E-state index in [1.165, 1.54) is 0 Å². The highest BCUT2D eigenvalue weighted by molar-refractivity contribution is 5.23. The van der Waals surface area contributed by atoms with Crippen LogP contribution < -0.4 is 0 Å². The monoisotopic (exact) mass is 286 g/mol. The van der Waals surface area contributed by atoms with Gasteiger partial charge in [0.05, 0.1) is 41.5 Å². The van der Waals surface area contributed by atoms with Gasteiger partial charge in [0.2, 0.25) is 0 Å². The van der Waals surface area contributed by atoms with Gasteiger partial charge >= 0.3 is 0 Å². The van der Waals surface area contributed by atoms with Crippen molar-refractivity contribution in [3.63, 3.8) is 0 Å². The summed E-state index contributed by atoms with van der Waals surface area (Å²) in [5, 5.41) is 41.7. The molecule has 0 radical (unpaired) electrons. The van der Waals surface area contributed by atoms with Crippen molar-refractivity contribution in [2.24, 2.45) is 17.3 Å². The molecule has 0 aromatic heterocycles. The Hall–Kier alpha value is -0.200. The predicted molar refractivity (Wildman–Crippen MR) is 71.9 cm³/mol. The van der Waals surface area contributed by atoms with E-state index >= 15 is 0 Å². The Labute approximate surface area is 119 Å². The molecule has 3 fully saturated rings. The molecule has 5 nitrogen and oxygen atoms in total. The molecule has 0 aromatic carbocycles. The van der Waals surface area contributed by atoms with Crippen molar-refractivity contribution in [2.75, 3.05) is 6.61 Å². The molecule has 0 aromatic rings. The first kappa shape index (κ1) is 14.7. The van der Waals surface area contributed by atoms with E-state index in [9.17, 15) is 20.4 Å². The molecule has 2 bridgehead atoms.